The van der Waals surface area contributed by atoms with Gasteiger partial charge in [-0.1, -0.05) is 18.2 Å². The van der Waals surface area contributed by atoms with Crippen molar-refractivity contribution in [1.29, 1.82) is 0 Å². The fourth-order valence-electron chi connectivity index (χ4n) is 2.62. The second-order valence-electron chi connectivity index (χ2n) is 5.99. The van der Waals surface area contributed by atoms with E-state index in [0.717, 1.165) is 17.7 Å². The van der Waals surface area contributed by atoms with Gasteiger partial charge in [-0.25, -0.2) is 4.98 Å². The highest BCUT2D eigenvalue weighted by Crippen LogP contribution is 2.26. The number of ether oxygens (including phenoxy) is 2. The number of fused-ring (bicyclic) bond motifs is 1. The first-order valence-electron chi connectivity index (χ1n) is 8.05. The molecule has 1 aliphatic heterocycles. The number of nitrogens with zero attached hydrogens (tertiary/aromatic N) is 1. The number of halogens is 3. The summed E-state index contributed by atoms with van der Waals surface area (Å²) >= 11 is 0. The van der Waals surface area contributed by atoms with Gasteiger partial charge in [0.2, 0.25) is 5.88 Å². The molecular formula is C18H17F3N2O3. The maximum atomic E-state index is 12.1. The van der Waals surface area contributed by atoms with Crippen molar-refractivity contribution in [3.05, 3.63) is 53.7 Å². The van der Waals surface area contributed by atoms with E-state index < -0.39 is 12.8 Å². The van der Waals surface area contributed by atoms with E-state index in [2.05, 4.69) is 15.0 Å². The fraction of sp³-hybridized carbons (Fsp3) is 0.333. The van der Waals surface area contributed by atoms with Crippen LogP contribution in [0.1, 0.15) is 15.9 Å². The highest BCUT2D eigenvalue weighted by Gasteiger charge is 2.28. The molecule has 8 heteroatoms. The van der Waals surface area contributed by atoms with Crippen molar-refractivity contribution in [1.82, 2.24) is 10.3 Å². The SMILES string of the molecule is O=C(NC[C@H]1COc2ccccc2C1)c1ccc(OCC(F)(F)F)nc1. The van der Waals surface area contributed by atoms with Crippen LogP contribution in [0.15, 0.2) is 42.6 Å². The van der Waals surface area contributed by atoms with Crippen LogP contribution in [0, 0.1) is 5.92 Å². The van der Waals surface area contributed by atoms with Gasteiger partial charge in [-0.15, -0.1) is 0 Å². The number of amides is 1. The van der Waals surface area contributed by atoms with Crippen molar-refractivity contribution >= 4 is 5.91 Å². The Labute approximate surface area is 148 Å². The number of rotatable bonds is 5. The van der Waals surface area contributed by atoms with E-state index in [4.69, 9.17) is 4.74 Å². The first-order chi connectivity index (χ1) is 12.4. The number of hydrogen-bond acceptors (Lipinski definition) is 4. The first-order valence-corrected chi connectivity index (χ1v) is 8.05. The predicted octanol–water partition coefficient (Wildman–Crippen LogP) is 3.00. The molecule has 26 heavy (non-hydrogen) atoms. The zero-order chi connectivity index (χ0) is 18.6. The molecule has 1 amide bonds. The summed E-state index contributed by atoms with van der Waals surface area (Å²) in [6, 6.07) is 10.4. The Hall–Kier alpha value is -2.77. The smallest absolute Gasteiger partial charge is 0.422 e. The lowest BCUT2D eigenvalue weighted by Crippen LogP contribution is -2.34. The third-order valence-corrected chi connectivity index (χ3v) is 3.89. The minimum Gasteiger partial charge on any atom is -0.493 e. The number of hydrogen-bond donors (Lipinski definition) is 1. The third kappa shape index (κ3) is 4.87. The second-order valence-corrected chi connectivity index (χ2v) is 5.99. The number of benzene rings is 1. The van der Waals surface area contributed by atoms with Gasteiger partial charge >= 0.3 is 6.18 Å². The lowest BCUT2D eigenvalue weighted by Gasteiger charge is -2.25. The molecule has 0 bridgehead atoms. The summed E-state index contributed by atoms with van der Waals surface area (Å²) < 4.78 is 46.5. The van der Waals surface area contributed by atoms with Gasteiger partial charge < -0.3 is 14.8 Å². The van der Waals surface area contributed by atoms with Gasteiger partial charge in [0.15, 0.2) is 6.61 Å². The number of aromatic nitrogens is 1. The van der Waals surface area contributed by atoms with E-state index in [1.54, 1.807) is 0 Å². The molecule has 0 saturated carbocycles. The van der Waals surface area contributed by atoms with Crippen molar-refractivity contribution in [2.24, 2.45) is 5.92 Å². The molecule has 5 nitrogen and oxygen atoms in total. The third-order valence-electron chi connectivity index (χ3n) is 3.89. The summed E-state index contributed by atoms with van der Waals surface area (Å²) in [6.45, 7) is -0.478. The zero-order valence-electron chi connectivity index (χ0n) is 13.8. The zero-order valence-corrected chi connectivity index (χ0v) is 13.8. The summed E-state index contributed by atoms with van der Waals surface area (Å²) in [5.74, 6) is 0.486. The Balaban J connectivity index is 1.49. The molecule has 0 aliphatic carbocycles. The maximum absolute atomic E-state index is 12.1. The number of pyridine rings is 1. The number of alkyl halides is 3. The van der Waals surface area contributed by atoms with Gasteiger partial charge in [0.1, 0.15) is 5.75 Å². The molecule has 3 rings (SSSR count). The van der Waals surface area contributed by atoms with Crippen LogP contribution >= 0.6 is 0 Å². The summed E-state index contributed by atoms with van der Waals surface area (Å²) in [5.41, 5.74) is 1.35. The van der Waals surface area contributed by atoms with Gasteiger partial charge in [-0.2, -0.15) is 13.2 Å². The van der Waals surface area contributed by atoms with Crippen molar-refractivity contribution in [3.63, 3.8) is 0 Å². The predicted molar refractivity (Wildman–Crippen MR) is 87.3 cm³/mol. The van der Waals surface area contributed by atoms with Crippen LogP contribution in [0.25, 0.3) is 0 Å². The molecule has 138 valence electrons. The summed E-state index contributed by atoms with van der Waals surface area (Å²) in [4.78, 5) is 15.9. The summed E-state index contributed by atoms with van der Waals surface area (Å²) in [7, 11) is 0. The van der Waals surface area contributed by atoms with E-state index in [1.807, 2.05) is 24.3 Å². The molecule has 2 aromatic rings. The average Bonchev–Trinajstić information content (AvgIpc) is 2.64. The lowest BCUT2D eigenvalue weighted by atomic mass is 9.97. The molecule has 2 heterocycles. The average molecular weight is 366 g/mol. The Kier molecular flexibility index (Phi) is 5.29. The molecule has 1 aromatic heterocycles. The monoisotopic (exact) mass is 366 g/mol. The molecule has 0 saturated heterocycles. The van der Waals surface area contributed by atoms with E-state index in [-0.39, 0.29) is 23.3 Å². The topological polar surface area (TPSA) is 60.5 Å². The van der Waals surface area contributed by atoms with Crippen LogP contribution in [0.5, 0.6) is 11.6 Å². The van der Waals surface area contributed by atoms with E-state index in [1.165, 1.54) is 18.3 Å². The summed E-state index contributed by atoms with van der Waals surface area (Å²) in [5, 5.41) is 2.80. The molecular weight excluding hydrogens is 349 g/mol. The van der Waals surface area contributed by atoms with E-state index in [0.29, 0.717) is 13.2 Å². The van der Waals surface area contributed by atoms with Crippen LogP contribution in [0.2, 0.25) is 0 Å². The fourth-order valence-corrected chi connectivity index (χ4v) is 2.62. The molecule has 0 spiro atoms. The van der Waals surface area contributed by atoms with Crippen molar-refractivity contribution < 1.29 is 27.4 Å². The van der Waals surface area contributed by atoms with Crippen LogP contribution in [0.3, 0.4) is 0 Å². The Bertz CT molecular complexity index is 763. The van der Waals surface area contributed by atoms with Gasteiger partial charge in [0, 0.05) is 24.7 Å². The number of carbonyl (C=O) groups is 1. The van der Waals surface area contributed by atoms with Crippen molar-refractivity contribution in [3.8, 4) is 11.6 Å². The van der Waals surface area contributed by atoms with E-state index >= 15 is 0 Å². The molecule has 1 aliphatic rings. The molecule has 1 atom stereocenters. The molecule has 0 radical (unpaired) electrons. The lowest BCUT2D eigenvalue weighted by molar-refractivity contribution is -0.154. The van der Waals surface area contributed by atoms with Crippen molar-refractivity contribution in [2.45, 2.75) is 12.6 Å². The maximum Gasteiger partial charge on any atom is 0.422 e. The van der Waals surface area contributed by atoms with Gasteiger partial charge in [0.05, 0.1) is 12.2 Å². The summed E-state index contributed by atoms with van der Waals surface area (Å²) in [6.07, 6.45) is -2.44. The number of para-hydroxylation sites is 1. The molecule has 1 aromatic carbocycles. The Morgan fingerprint density at radius 3 is 2.81 bits per heavy atom. The Morgan fingerprint density at radius 2 is 2.08 bits per heavy atom. The van der Waals surface area contributed by atoms with Crippen molar-refractivity contribution in [2.75, 3.05) is 19.8 Å². The van der Waals surface area contributed by atoms with Gasteiger partial charge in [0.25, 0.3) is 5.91 Å². The number of carbonyl (C=O) groups excluding carboxylic acids is 1. The Morgan fingerprint density at radius 1 is 1.27 bits per heavy atom. The van der Waals surface area contributed by atoms with Gasteiger partial charge in [-0.3, -0.25) is 4.79 Å². The second kappa shape index (κ2) is 7.63. The largest absolute Gasteiger partial charge is 0.493 e. The van der Waals surface area contributed by atoms with Crippen LogP contribution in [-0.2, 0) is 6.42 Å². The highest BCUT2D eigenvalue weighted by molar-refractivity contribution is 5.93. The number of nitrogens with one attached hydrogen (secondary N) is 1. The molecule has 0 fully saturated rings. The quantitative estimate of drug-likeness (QED) is 0.884. The van der Waals surface area contributed by atoms with Crippen LogP contribution in [0.4, 0.5) is 13.2 Å². The molecule has 0 unspecified atom stereocenters. The highest BCUT2D eigenvalue weighted by atomic mass is 19.4. The first kappa shape index (κ1) is 18.0. The van der Waals surface area contributed by atoms with E-state index in [9.17, 15) is 18.0 Å². The van der Waals surface area contributed by atoms with Crippen LogP contribution < -0.4 is 14.8 Å². The van der Waals surface area contributed by atoms with Gasteiger partial charge in [-0.05, 0) is 24.1 Å². The van der Waals surface area contributed by atoms with Crippen LogP contribution in [-0.4, -0.2) is 36.8 Å². The minimum absolute atomic E-state index is 0.149. The normalized spacial score (nSPS) is 16.3. The molecule has 1 N–H and O–H groups in total. The standard InChI is InChI=1S/C18H17F3N2O3/c19-18(20,21)11-26-16-6-5-14(9-22-16)17(24)23-8-12-7-13-3-1-2-4-15(13)25-10-12/h1-6,9,12H,7-8,10-11H2,(H,23,24)/t12-/m0/s1. The minimum atomic E-state index is -4.43.